The molecule has 7 heteroatoms. The van der Waals surface area contributed by atoms with Crippen molar-refractivity contribution in [1.82, 2.24) is 10.0 Å². The number of carbonyl (C=O) groups is 2. The summed E-state index contributed by atoms with van der Waals surface area (Å²) in [5, 5.41) is 2.43. The Morgan fingerprint density at radius 2 is 1.85 bits per heavy atom. The Hall–Kier alpha value is -1.89. The van der Waals surface area contributed by atoms with Crippen molar-refractivity contribution in [3.8, 4) is 0 Å². The van der Waals surface area contributed by atoms with E-state index < -0.39 is 15.9 Å². The summed E-state index contributed by atoms with van der Waals surface area (Å²) in [6.07, 6.45) is -0.0936. The summed E-state index contributed by atoms with van der Waals surface area (Å²) in [6.45, 7) is 4.86. The topological polar surface area (TPSA) is 92.3 Å². The van der Waals surface area contributed by atoms with Gasteiger partial charge >= 0.3 is 0 Å². The third kappa shape index (κ3) is 4.65. The van der Waals surface area contributed by atoms with E-state index >= 15 is 0 Å². The molecule has 0 saturated carbocycles. The van der Waals surface area contributed by atoms with Crippen LogP contribution in [0, 0.1) is 13.8 Å². The van der Waals surface area contributed by atoms with Crippen molar-refractivity contribution in [3.05, 3.63) is 29.3 Å². The van der Waals surface area contributed by atoms with Gasteiger partial charge in [0.15, 0.2) is 0 Å². The van der Waals surface area contributed by atoms with E-state index in [0.29, 0.717) is 5.56 Å². The highest BCUT2D eigenvalue weighted by Gasteiger charge is 2.19. The second kappa shape index (κ2) is 6.51. The normalized spacial score (nSPS) is 10.9. The van der Waals surface area contributed by atoms with Crippen LogP contribution >= 0.6 is 0 Å². The number of amides is 2. The van der Waals surface area contributed by atoms with Crippen LogP contribution in [-0.2, 0) is 19.6 Å². The molecule has 0 aromatic heterocycles. The van der Waals surface area contributed by atoms with Crippen LogP contribution in [0.5, 0.6) is 0 Å². The largest absolute Gasteiger partial charge is 0.356 e. The van der Waals surface area contributed by atoms with E-state index in [4.69, 9.17) is 0 Å². The Balaban J connectivity index is 2.77. The van der Waals surface area contributed by atoms with Crippen molar-refractivity contribution in [1.29, 1.82) is 0 Å². The van der Waals surface area contributed by atoms with Gasteiger partial charge in [-0.3, -0.25) is 9.59 Å². The van der Waals surface area contributed by atoms with Crippen LogP contribution in [-0.4, -0.2) is 26.8 Å². The van der Waals surface area contributed by atoms with Gasteiger partial charge < -0.3 is 5.32 Å². The molecule has 0 bridgehead atoms. The zero-order chi connectivity index (χ0) is 15.3. The first-order valence-corrected chi connectivity index (χ1v) is 7.58. The number of rotatable bonds is 5. The molecule has 1 aromatic carbocycles. The third-order valence-corrected chi connectivity index (χ3v) is 4.12. The zero-order valence-electron chi connectivity index (χ0n) is 11.7. The molecule has 110 valence electrons. The van der Waals surface area contributed by atoms with Gasteiger partial charge in [-0.15, -0.1) is 0 Å². The molecule has 6 nitrogen and oxygen atoms in total. The van der Waals surface area contributed by atoms with Crippen molar-refractivity contribution in [2.24, 2.45) is 0 Å². The van der Waals surface area contributed by atoms with Crippen molar-refractivity contribution < 1.29 is 18.0 Å². The summed E-state index contributed by atoms with van der Waals surface area (Å²) in [5.41, 5.74) is 1.36. The van der Waals surface area contributed by atoms with Crippen LogP contribution < -0.4 is 10.0 Å². The van der Waals surface area contributed by atoms with Crippen LogP contribution in [0.15, 0.2) is 23.1 Å². The molecule has 0 unspecified atom stereocenters. The van der Waals surface area contributed by atoms with Crippen molar-refractivity contribution >= 4 is 21.8 Å². The summed E-state index contributed by atoms with van der Waals surface area (Å²) >= 11 is 0. The van der Waals surface area contributed by atoms with Gasteiger partial charge in [0.1, 0.15) is 0 Å². The molecule has 20 heavy (non-hydrogen) atoms. The lowest BCUT2D eigenvalue weighted by atomic mass is 10.2. The van der Waals surface area contributed by atoms with Crippen LogP contribution in [0.1, 0.15) is 24.5 Å². The Labute approximate surface area is 118 Å². The minimum Gasteiger partial charge on any atom is -0.356 e. The molecule has 1 rings (SSSR count). The number of carbonyl (C=O) groups excluding carboxylic acids is 2. The highest BCUT2D eigenvalue weighted by Crippen LogP contribution is 2.16. The van der Waals surface area contributed by atoms with E-state index in [0.717, 1.165) is 5.56 Å². The second-order valence-corrected chi connectivity index (χ2v) is 6.18. The summed E-state index contributed by atoms with van der Waals surface area (Å²) in [6, 6.07) is 5.00. The predicted molar refractivity (Wildman–Crippen MR) is 74.5 cm³/mol. The van der Waals surface area contributed by atoms with Gasteiger partial charge in [-0.2, -0.15) is 0 Å². The van der Waals surface area contributed by atoms with Gasteiger partial charge in [0.05, 0.1) is 4.90 Å². The third-order valence-electron chi connectivity index (χ3n) is 2.61. The Morgan fingerprint density at radius 1 is 1.20 bits per heavy atom. The van der Waals surface area contributed by atoms with Crippen LogP contribution in [0.2, 0.25) is 0 Å². The fraction of sp³-hybridized carbons (Fsp3) is 0.385. The van der Waals surface area contributed by atoms with E-state index in [-0.39, 0.29) is 23.8 Å². The first kappa shape index (κ1) is 16.2. The minimum absolute atomic E-state index is 0.0883. The van der Waals surface area contributed by atoms with Gasteiger partial charge in [-0.25, -0.2) is 13.1 Å². The Morgan fingerprint density at radius 3 is 2.45 bits per heavy atom. The summed E-state index contributed by atoms with van der Waals surface area (Å²) < 4.78 is 26.2. The van der Waals surface area contributed by atoms with Gasteiger partial charge in [0.25, 0.3) is 10.0 Å². The molecule has 0 aliphatic heterocycles. The number of benzene rings is 1. The van der Waals surface area contributed by atoms with Crippen molar-refractivity contribution in [2.45, 2.75) is 32.1 Å². The monoisotopic (exact) mass is 298 g/mol. The molecule has 1 aromatic rings. The summed E-state index contributed by atoms with van der Waals surface area (Å²) in [5.74, 6) is -0.921. The highest BCUT2D eigenvalue weighted by molar-refractivity contribution is 7.90. The predicted octanol–water partition coefficient (Wildman–Crippen LogP) is 0.635. The summed E-state index contributed by atoms with van der Waals surface area (Å²) in [7, 11) is -3.88. The van der Waals surface area contributed by atoms with Gasteiger partial charge in [-0.1, -0.05) is 12.1 Å². The number of sulfonamides is 1. The average molecular weight is 298 g/mol. The quantitative estimate of drug-likeness (QED) is 0.834. The standard InChI is InChI=1S/C13H18N2O4S/c1-9-4-5-10(2)12(8-9)20(18,19)15-13(17)6-7-14-11(3)16/h4-5,8H,6-7H2,1-3H3,(H,14,16)(H,15,17). The first-order valence-electron chi connectivity index (χ1n) is 6.09. The molecule has 2 N–H and O–H groups in total. The average Bonchev–Trinajstić information content (AvgIpc) is 2.31. The minimum atomic E-state index is -3.88. The second-order valence-electron chi connectivity index (χ2n) is 4.53. The molecule has 0 heterocycles. The maximum absolute atomic E-state index is 12.1. The van der Waals surface area contributed by atoms with E-state index in [2.05, 4.69) is 5.32 Å². The van der Waals surface area contributed by atoms with E-state index in [1.165, 1.54) is 13.0 Å². The highest BCUT2D eigenvalue weighted by atomic mass is 32.2. The molecule has 0 fully saturated rings. The molecule has 0 atom stereocenters. The lowest BCUT2D eigenvalue weighted by molar-refractivity contribution is -0.120. The molecule has 0 saturated heterocycles. The van der Waals surface area contributed by atoms with Crippen LogP contribution in [0.25, 0.3) is 0 Å². The molecule has 0 aliphatic rings. The lowest BCUT2D eigenvalue weighted by Crippen LogP contribution is -2.34. The van der Waals surface area contributed by atoms with Crippen molar-refractivity contribution in [2.75, 3.05) is 6.54 Å². The summed E-state index contributed by atoms with van der Waals surface area (Å²) in [4.78, 5) is 22.3. The SMILES string of the molecule is CC(=O)NCCC(=O)NS(=O)(=O)c1cc(C)ccc1C. The fourth-order valence-corrected chi connectivity index (χ4v) is 2.95. The zero-order valence-corrected chi connectivity index (χ0v) is 12.5. The molecule has 0 aliphatic carbocycles. The lowest BCUT2D eigenvalue weighted by Gasteiger charge is -2.10. The van der Waals surface area contributed by atoms with E-state index in [1.807, 2.05) is 4.72 Å². The molecule has 0 spiro atoms. The van der Waals surface area contributed by atoms with E-state index in [9.17, 15) is 18.0 Å². The Kier molecular flexibility index (Phi) is 5.26. The molecular weight excluding hydrogens is 280 g/mol. The maximum Gasteiger partial charge on any atom is 0.264 e. The van der Waals surface area contributed by atoms with Gasteiger partial charge in [0, 0.05) is 19.9 Å². The van der Waals surface area contributed by atoms with Gasteiger partial charge in [0.2, 0.25) is 11.8 Å². The maximum atomic E-state index is 12.1. The molecular formula is C13H18N2O4S. The molecule has 0 radical (unpaired) electrons. The number of hydrogen-bond acceptors (Lipinski definition) is 4. The number of hydrogen-bond donors (Lipinski definition) is 2. The van der Waals surface area contributed by atoms with Crippen LogP contribution in [0.3, 0.4) is 0 Å². The smallest absolute Gasteiger partial charge is 0.264 e. The Bertz CT molecular complexity index is 623. The van der Waals surface area contributed by atoms with Gasteiger partial charge in [-0.05, 0) is 31.0 Å². The number of nitrogens with one attached hydrogen (secondary N) is 2. The van der Waals surface area contributed by atoms with Crippen molar-refractivity contribution in [3.63, 3.8) is 0 Å². The van der Waals surface area contributed by atoms with E-state index in [1.54, 1.807) is 26.0 Å². The fourth-order valence-electron chi connectivity index (χ4n) is 1.60. The molecule has 2 amide bonds. The first-order chi connectivity index (χ1) is 9.22. The number of aryl methyl sites for hydroxylation is 2. The van der Waals surface area contributed by atoms with Crippen LogP contribution in [0.4, 0.5) is 0 Å².